The van der Waals surface area contributed by atoms with Gasteiger partial charge in [-0.3, -0.25) is 9.59 Å². The van der Waals surface area contributed by atoms with Gasteiger partial charge in [0.05, 0.1) is 143 Å². The smallest absolute Gasteiger partial charge is 1.00 e. The number of rotatable bonds is 5. The second-order valence-corrected chi connectivity index (χ2v) is 16.7. The number of phenolic OH excluding ortho intramolecular Hbond substituents is 2. The summed E-state index contributed by atoms with van der Waals surface area (Å²) in [5.74, 6) is -0.577. The number of aromatic hydroxyl groups is 2. The Morgan fingerprint density at radius 1 is 0.425 bits per heavy atom. The standard InChI is InChI=1S/2C23H31NO7.C6H16N2.ClH.2Cu/c2*25-22-18-20-4-2-1-3-19(20)17-21(22)23(26)24-5-7-27-9-11-29-13-15-31-16-14-30-12-10-28-8-6-24;1-7(2)5-6-8(3)4;;;/h2*1-4,17-18,25H,5-16H2;5-6H2,1-4H3;1H;;/q;;;;2*+1/p-1. The van der Waals surface area contributed by atoms with Crippen molar-refractivity contribution in [3.63, 3.8) is 0 Å². The summed E-state index contributed by atoms with van der Waals surface area (Å²) in [5.41, 5.74) is 0.542. The van der Waals surface area contributed by atoms with Crippen molar-refractivity contribution in [3.05, 3.63) is 83.9 Å². The van der Waals surface area contributed by atoms with Gasteiger partial charge in [0, 0.05) is 39.3 Å². The molecule has 21 heteroatoms. The van der Waals surface area contributed by atoms with E-state index in [1.807, 2.05) is 48.5 Å². The van der Waals surface area contributed by atoms with E-state index < -0.39 is 0 Å². The number of fused-ring (bicyclic) bond motifs is 2. The van der Waals surface area contributed by atoms with Crippen molar-refractivity contribution in [1.29, 1.82) is 0 Å². The normalized spacial score (nSPS) is 17.4. The predicted molar refractivity (Wildman–Crippen MR) is 274 cm³/mol. The van der Waals surface area contributed by atoms with E-state index in [2.05, 4.69) is 63.2 Å². The summed E-state index contributed by atoms with van der Waals surface area (Å²) in [6.45, 7) is 12.9. The number of likely N-dealkylation sites (N-methyl/N-ethyl adjacent to an activating group) is 2. The van der Waals surface area contributed by atoms with Crippen molar-refractivity contribution in [1.82, 2.24) is 19.6 Å². The fourth-order valence-corrected chi connectivity index (χ4v) is 6.83. The Balaban J connectivity index is 0.000000418. The van der Waals surface area contributed by atoms with Gasteiger partial charge >= 0.3 is 42.3 Å². The summed E-state index contributed by atoms with van der Waals surface area (Å²) in [4.78, 5) is 34.0. The summed E-state index contributed by atoms with van der Waals surface area (Å²) >= 11 is 3.66. The Morgan fingerprint density at radius 2 is 0.630 bits per heavy atom. The van der Waals surface area contributed by atoms with Crippen LogP contribution in [0.5, 0.6) is 11.5 Å². The molecular formula is C52H78ClCu2N4O14+. The van der Waals surface area contributed by atoms with Crippen LogP contribution in [0.2, 0.25) is 0 Å². The average Bonchev–Trinajstić information content (AvgIpc) is 3.38. The Kier molecular flexibility index (Phi) is 37.9. The molecule has 0 atom stereocenters. The van der Waals surface area contributed by atoms with Crippen LogP contribution < -0.4 is 0 Å². The number of hydrogen-bond donors (Lipinski definition) is 2. The van der Waals surface area contributed by atoms with Gasteiger partial charge in [0.1, 0.15) is 11.5 Å². The second-order valence-electron chi connectivity index (χ2n) is 16.7. The van der Waals surface area contributed by atoms with Crippen LogP contribution in [0.3, 0.4) is 0 Å². The maximum atomic E-state index is 13.2. The molecule has 2 fully saturated rings. The fraction of sp³-hybridized carbons (Fsp3) is 0.577. The van der Waals surface area contributed by atoms with E-state index in [1.54, 1.807) is 34.1 Å². The van der Waals surface area contributed by atoms with E-state index in [0.29, 0.717) is 158 Å². The van der Waals surface area contributed by atoms with Gasteiger partial charge in [-0.2, -0.15) is 0 Å². The monoisotopic (exact) mass is 1140 g/mol. The van der Waals surface area contributed by atoms with Gasteiger partial charge in [0.2, 0.25) is 0 Å². The zero-order valence-corrected chi connectivity index (χ0v) is 45.5. The average molecular weight is 1150 g/mol. The molecule has 73 heavy (non-hydrogen) atoms. The zero-order chi connectivity index (χ0) is 52.0. The number of halogens is 1. The maximum Gasteiger partial charge on any atom is 1.00 e. The Morgan fingerprint density at radius 3 is 0.849 bits per heavy atom. The summed E-state index contributed by atoms with van der Waals surface area (Å²) in [5, 5.41) is 24.4. The summed E-state index contributed by atoms with van der Waals surface area (Å²) in [6, 6.07) is 21.9. The molecule has 2 aliphatic heterocycles. The van der Waals surface area contributed by atoms with E-state index in [4.69, 9.17) is 47.4 Å². The van der Waals surface area contributed by atoms with E-state index in [1.165, 1.54) is 0 Å². The molecule has 2 amide bonds. The molecule has 0 aromatic heterocycles. The van der Waals surface area contributed by atoms with Crippen molar-refractivity contribution >= 4 is 43.5 Å². The number of ether oxygens (including phenoxy) is 10. The van der Waals surface area contributed by atoms with Crippen LogP contribution in [-0.4, -0.2) is 241 Å². The maximum absolute atomic E-state index is 13.2. The number of carbonyl (C=O) groups is 2. The van der Waals surface area contributed by atoms with E-state index in [0.717, 1.165) is 34.6 Å². The van der Waals surface area contributed by atoms with Crippen LogP contribution in [-0.2, 0) is 79.5 Å². The van der Waals surface area contributed by atoms with E-state index in [-0.39, 0.29) is 51.5 Å². The fourth-order valence-electron chi connectivity index (χ4n) is 6.83. The van der Waals surface area contributed by atoms with Gasteiger partial charge in [-0.05, 0) is 74.0 Å². The Hall–Kier alpha value is -3.21. The van der Waals surface area contributed by atoms with E-state index in [9.17, 15) is 19.8 Å². The molecule has 2 saturated heterocycles. The minimum Gasteiger partial charge on any atom is 1.00 e. The molecule has 18 nitrogen and oxygen atoms in total. The van der Waals surface area contributed by atoms with Gasteiger partial charge in [-0.1, -0.05) is 48.5 Å². The first kappa shape index (κ1) is 65.9. The van der Waals surface area contributed by atoms with Gasteiger partial charge in [0.15, 0.2) is 0 Å². The minimum atomic E-state index is -0.255. The first-order chi connectivity index (χ1) is 35.1. The van der Waals surface area contributed by atoms with Gasteiger partial charge < -0.3 is 77.2 Å². The molecule has 0 unspecified atom stereocenters. The molecule has 2 N–H and O–H groups in total. The molecule has 2 heterocycles. The molecule has 0 bridgehead atoms. The van der Waals surface area contributed by atoms with E-state index >= 15 is 0 Å². The number of phenols is 2. The first-order valence-electron chi connectivity index (χ1n) is 24.3. The molecule has 4 aromatic carbocycles. The predicted octanol–water partition coefficient (Wildman–Crippen LogP) is 4.96. The summed E-state index contributed by atoms with van der Waals surface area (Å²) in [7, 11) is 12.5. The molecule has 6 rings (SSSR count). The molecule has 418 valence electrons. The SMILES string of the molecule is CN(C)CCN(C)C.O=C(c1cc2ccccc2cc1O)N1CCOCCOCCOCCOCCOCC1.O=C(c1cc2ccccc2cc1O)N1CCOCCOCCOCCOCCOCC1.[Cl][Cu].[Cu+]. The first-order valence-corrected chi connectivity index (χ1v) is 25.6. The number of amides is 2. The van der Waals surface area contributed by atoms with Crippen molar-refractivity contribution < 1.29 is 99.3 Å². The Bertz CT molecular complexity index is 1880. The molecule has 4 aromatic rings. The van der Waals surface area contributed by atoms with Crippen molar-refractivity contribution in [2.45, 2.75) is 0 Å². The summed E-state index contributed by atoms with van der Waals surface area (Å²) < 4.78 is 55.1. The molecule has 0 spiro atoms. The minimum absolute atomic E-state index is 0. The quantitative estimate of drug-likeness (QED) is 0.256. The molecule has 0 saturated carbocycles. The third-order valence-electron chi connectivity index (χ3n) is 10.8. The van der Waals surface area contributed by atoms with Crippen molar-refractivity contribution in [2.24, 2.45) is 0 Å². The van der Waals surface area contributed by atoms with Crippen LogP contribution in [0.4, 0.5) is 0 Å². The van der Waals surface area contributed by atoms with Crippen LogP contribution in [0.15, 0.2) is 72.8 Å². The second kappa shape index (κ2) is 42.0. The summed E-state index contributed by atoms with van der Waals surface area (Å²) in [6.07, 6.45) is 0. The van der Waals surface area contributed by atoms with Gasteiger partial charge in [-0.25, -0.2) is 0 Å². The van der Waals surface area contributed by atoms with Gasteiger partial charge in [0.25, 0.3) is 11.8 Å². The number of hydrogen-bond acceptors (Lipinski definition) is 16. The number of benzene rings is 4. The molecular weight excluding hydrogens is 1070 g/mol. The van der Waals surface area contributed by atoms with Crippen LogP contribution in [0.25, 0.3) is 21.5 Å². The third-order valence-corrected chi connectivity index (χ3v) is 10.8. The van der Waals surface area contributed by atoms with Crippen molar-refractivity contribution in [2.75, 3.05) is 200 Å². The Labute approximate surface area is 455 Å². The molecule has 0 aliphatic carbocycles. The molecule has 2 aliphatic rings. The largest absolute Gasteiger partial charge is 1.00 e. The third kappa shape index (κ3) is 28.5. The topological polar surface area (TPSA) is 180 Å². The number of nitrogens with zero attached hydrogens (tertiary/aromatic N) is 4. The number of carbonyl (C=O) groups excluding carboxylic acids is 2. The van der Waals surface area contributed by atoms with Crippen LogP contribution >= 0.6 is 10.1 Å². The van der Waals surface area contributed by atoms with Gasteiger partial charge in [-0.15, -0.1) is 0 Å². The molecule has 0 radical (unpaired) electrons. The van der Waals surface area contributed by atoms with Crippen LogP contribution in [0.1, 0.15) is 20.7 Å². The zero-order valence-electron chi connectivity index (χ0n) is 42.9. The van der Waals surface area contributed by atoms with Crippen LogP contribution in [0, 0.1) is 0 Å². The van der Waals surface area contributed by atoms with Crippen molar-refractivity contribution in [3.8, 4) is 11.5 Å².